The molecule has 0 aliphatic rings. The van der Waals surface area contributed by atoms with Crippen molar-refractivity contribution in [1.29, 1.82) is 0 Å². The summed E-state index contributed by atoms with van der Waals surface area (Å²) in [6.07, 6.45) is -0.561. The minimum atomic E-state index is -5.08. The smallest absolute Gasteiger partial charge is 0.490 e. The van der Waals surface area contributed by atoms with Crippen LogP contribution in [0.4, 0.5) is 13.2 Å². The van der Waals surface area contributed by atoms with Crippen molar-refractivity contribution in [1.82, 2.24) is 19.9 Å². The molecular weight excluding hydrogens is 445 g/mol. The van der Waals surface area contributed by atoms with Crippen LogP contribution in [0.1, 0.15) is 37.7 Å². The first-order valence-electron chi connectivity index (χ1n) is 9.38. The molecule has 0 amide bonds. The number of aromatic hydroxyl groups is 1. The van der Waals surface area contributed by atoms with Crippen molar-refractivity contribution in [2.45, 2.75) is 32.4 Å². The summed E-state index contributed by atoms with van der Waals surface area (Å²) >= 11 is 0. The average Bonchev–Trinajstić information content (AvgIpc) is 3.16. The minimum Gasteiger partial charge on any atom is -0.507 e. The van der Waals surface area contributed by atoms with Crippen molar-refractivity contribution >= 4 is 18.1 Å². The molecule has 5 N–H and O–H groups in total. The Morgan fingerprint density at radius 2 is 1.52 bits per heavy atom. The number of halogens is 3. The number of phenolic OH excluding ortho intramolecular Hbond substituents is 1. The third kappa shape index (κ3) is 6.69. The molecule has 0 saturated carbocycles. The Hall–Kier alpha value is -4.09. The van der Waals surface area contributed by atoms with Gasteiger partial charge < -0.3 is 25.2 Å². The fourth-order valence-electron chi connectivity index (χ4n) is 2.61. The number of carboxylic acids is 1. The van der Waals surface area contributed by atoms with Gasteiger partial charge in [-0.25, -0.2) is 9.78 Å². The number of aromatic nitrogens is 4. The Morgan fingerprint density at radius 1 is 1.00 bits per heavy atom. The summed E-state index contributed by atoms with van der Waals surface area (Å²) in [5.74, 6) is -2.73. The van der Waals surface area contributed by atoms with Gasteiger partial charge in [0.05, 0.1) is 12.0 Å². The number of hydrogen-bond donors (Lipinski definition) is 5. The Labute approximate surface area is 184 Å². The van der Waals surface area contributed by atoms with Gasteiger partial charge in [-0.3, -0.25) is 9.59 Å². The van der Waals surface area contributed by atoms with Crippen LogP contribution in [0.25, 0.3) is 12.2 Å². The van der Waals surface area contributed by atoms with Crippen LogP contribution in [0.3, 0.4) is 0 Å². The molecule has 12 heteroatoms. The Morgan fingerprint density at radius 3 is 2.00 bits per heavy atom. The largest absolute Gasteiger partial charge is 0.507 e. The molecule has 0 unspecified atom stereocenters. The van der Waals surface area contributed by atoms with Gasteiger partial charge in [-0.15, -0.1) is 0 Å². The van der Waals surface area contributed by atoms with Gasteiger partial charge in [0.15, 0.2) is 0 Å². The predicted molar refractivity (Wildman–Crippen MR) is 113 cm³/mol. The number of benzene rings is 1. The van der Waals surface area contributed by atoms with Crippen LogP contribution in [-0.4, -0.2) is 42.3 Å². The van der Waals surface area contributed by atoms with Gasteiger partial charge in [0.2, 0.25) is 0 Å². The lowest BCUT2D eigenvalue weighted by molar-refractivity contribution is -0.192. The van der Waals surface area contributed by atoms with Crippen molar-refractivity contribution in [3.05, 3.63) is 78.9 Å². The average molecular weight is 466 g/mol. The van der Waals surface area contributed by atoms with E-state index in [4.69, 9.17) is 9.90 Å². The number of H-pyrrole nitrogens is 3. The maximum atomic E-state index is 12.4. The first-order chi connectivity index (χ1) is 15.2. The molecule has 0 aliphatic heterocycles. The van der Waals surface area contributed by atoms with Gasteiger partial charge in [-0.05, 0) is 18.2 Å². The van der Waals surface area contributed by atoms with Crippen LogP contribution < -0.4 is 21.8 Å². The molecule has 9 nitrogen and oxygen atoms in total. The summed E-state index contributed by atoms with van der Waals surface area (Å²) in [6, 6.07) is 6.55. The summed E-state index contributed by atoms with van der Waals surface area (Å²) in [5.41, 5.74) is 0.793. The van der Waals surface area contributed by atoms with Crippen LogP contribution in [0.5, 0.6) is 5.75 Å². The fourth-order valence-corrected chi connectivity index (χ4v) is 2.61. The number of carbonyl (C=O) groups is 1. The van der Waals surface area contributed by atoms with E-state index in [2.05, 4.69) is 19.9 Å². The number of nitrogens with zero attached hydrogens (tertiary/aromatic N) is 1. The van der Waals surface area contributed by atoms with Gasteiger partial charge >= 0.3 is 12.1 Å². The van der Waals surface area contributed by atoms with Crippen LogP contribution >= 0.6 is 0 Å². The summed E-state index contributed by atoms with van der Waals surface area (Å²) in [6.45, 7) is 6.07. The van der Waals surface area contributed by atoms with Gasteiger partial charge in [-0.2, -0.15) is 13.2 Å². The van der Waals surface area contributed by atoms with Crippen molar-refractivity contribution in [3.63, 3.8) is 0 Å². The first kappa shape index (κ1) is 25.2. The third-order valence-electron chi connectivity index (χ3n) is 4.16. The Balaban J connectivity index is 0.000000479. The monoisotopic (exact) mass is 466 g/mol. The molecule has 0 radical (unpaired) electrons. The quantitative estimate of drug-likeness (QED) is 0.381. The maximum Gasteiger partial charge on any atom is 0.490 e. The molecule has 3 rings (SSSR count). The number of alkyl halides is 3. The van der Waals surface area contributed by atoms with Gasteiger partial charge in [0.25, 0.3) is 11.1 Å². The second-order valence-electron chi connectivity index (χ2n) is 7.80. The summed E-state index contributed by atoms with van der Waals surface area (Å²) < 4.78 is 31.7. The number of imidazole rings is 1. The van der Waals surface area contributed by atoms with E-state index in [9.17, 15) is 27.9 Å². The molecule has 0 aliphatic carbocycles. The van der Waals surface area contributed by atoms with Gasteiger partial charge in [0, 0.05) is 16.7 Å². The molecule has 3 aromatic rings. The van der Waals surface area contributed by atoms with E-state index in [0.717, 1.165) is 5.69 Å². The lowest BCUT2D eigenvalue weighted by atomic mass is 9.90. The number of para-hydroxylation sites is 1. The number of nitrogens with one attached hydrogen (secondary N) is 3. The molecule has 0 bridgehead atoms. The lowest BCUT2D eigenvalue weighted by Gasteiger charge is -2.16. The zero-order valence-corrected chi connectivity index (χ0v) is 17.7. The highest BCUT2D eigenvalue weighted by Crippen LogP contribution is 2.22. The topological polar surface area (TPSA) is 152 Å². The highest BCUT2D eigenvalue weighted by Gasteiger charge is 2.38. The van der Waals surface area contributed by atoms with Gasteiger partial charge in [-0.1, -0.05) is 39.0 Å². The van der Waals surface area contributed by atoms with Crippen LogP contribution in [0.2, 0.25) is 0 Å². The molecule has 0 saturated heterocycles. The van der Waals surface area contributed by atoms with Crippen LogP contribution in [0, 0.1) is 0 Å². The van der Waals surface area contributed by atoms with Crippen molar-refractivity contribution < 1.29 is 28.2 Å². The molecule has 33 heavy (non-hydrogen) atoms. The summed E-state index contributed by atoms with van der Waals surface area (Å²) in [7, 11) is 0. The van der Waals surface area contributed by atoms with Crippen molar-refractivity contribution in [2.75, 3.05) is 0 Å². The maximum absolute atomic E-state index is 12.4. The standard InChI is InChI=1S/C19H20N4O3.C2HF3O2/c1-19(2,3)16-12(20-10-21-16)9-14-18(26)22-13(17(25)23-14)8-11-6-4-5-7-15(11)24;3-2(4,5)1(6)7/h4-10,24H,1-3H3,(H,20,21)(H,22,26)(H,23,25);(H,6,7)/b13-8-,14-9-;. The minimum absolute atomic E-state index is 0.0229. The number of aliphatic carboxylic acids is 1. The molecule has 2 aromatic heterocycles. The number of carboxylic acid groups (broad SMARTS) is 1. The SMILES string of the molecule is CC(C)(C)c1[nH]cnc1/C=c1\[nH]c(=O)/c(=C/c2ccccc2O)[nH]c1=O.O=C(O)C(F)(F)F. The van der Waals surface area contributed by atoms with Crippen molar-refractivity contribution in [3.8, 4) is 5.75 Å². The Bertz CT molecular complexity index is 1380. The van der Waals surface area contributed by atoms with Crippen molar-refractivity contribution in [2.24, 2.45) is 0 Å². The molecule has 2 heterocycles. The molecule has 0 atom stereocenters. The zero-order valence-electron chi connectivity index (χ0n) is 17.7. The number of phenols is 1. The second kappa shape index (κ2) is 9.59. The van der Waals surface area contributed by atoms with Crippen LogP contribution in [-0.2, 0) is 10.2 Å². The van der Waals surface area contributed by atoms with E-state index in [0.29, 0.717) is 11.3 Å². The third-order valence-corrected chi connectivity index (χ3v) is 4.16. The van der Waals surface area contributed by atoms with E-state index >= 15 is 0 Å². The molecule has 176 valence electrons. The predicted octanol–water partition coefficient (Wildman–Crippen LogP) is 1.08. The molecule has 0 spiro atoms. The molecule has 0 fully saturated rings. The summed E-state index contributed by atoms with van der Waals surface area (Å²) in [5, 5.41) is 17.1. The second-order valence-corrected chi connectivity index (χ2v) is 7.80. The van der Waals surface area contributed by atoms with Crippen LogP contribution in [0.15, 0.2) is 40.2 Å². The lowest BCUT2D eigenvalue weighted by Crippen LogP contribution is -2.46. The normalized spacial score (nSPS) is 12.9. The fraction of sp³-hybridized carbons (Fsp3) is 0.238. The number of hydrogen-bond acceptors (Lipinski definition) is 5. The zero-order chi connectivity index (χ0) is 25.0. The molecular formula is C21H21F3N4O5. The number of aromatic amines is 3. The van der Waals surface area contributed by atoms with Gasteiger partial charge in [0.1, 0.15) is 16.4 Å². The van der Waals surface area contributed by atoms with E-state index < -0.39 is 23.3 Å². The summed E-state index contributed by atoms with van der Waals surface area (Å²) in [4.78, 5) is 46.0. The highest BCUT2D eigenvalue weighted by molar-refractivity contribution is 5.73. The van der Waals surface area contributed by atoms with E-state index in [-0.39, 0.29) is 21.9 Å². The van der Waals surface area contributed by atoms with E-state index in [1.165, 1.54) is 12.1 Å². The highest BCUT2D eigenvalue weighted by atomic mass is 19.4. The Kier molecular flexibility index (Phi) is 7.31. The molecule has 1 aromatic carbocycles. The van der Waals surface area contributed by atoms with E-state index in [1.807, 2.05) is 20.8 Å². The van der Waals surface area contributed by atoms with E-state index in [1.54, 1.807) is 30.6 Å². The first-order valence-corrected chi connectivity index (χ1v) is 9.38. The number of rotatable bonds is 2.